The highest BCUT2D eigenvalue weighted by atomic mass is 32.3. The first-order valence-electron chi connectivity index (χ1n) is 2.59. The van der Waals surface area contributed by atoms with Gasteiger partial charge in [-0.25, -0.2) is 16.8 Å². The number of halogens is 6. The van der Waals surface area contributed by atoms with E-state index in [1.807, 2.05) is 0 Å². The van der Waals surface area contributed by atoms with Gasteiger partial charge < -0.3 is 10.3 Å². The second-order valence-corrected chi connectivity index (χ2v) is 4.86. The van der Waals surface area contributed by atoms with Crippen LogP contribution in [-0.4, -0.2) is 28.3 Å². The quantitative estimate of drug-likeness (QED) is 0.626. The normalized spacial score (nSPS) is 14.4. The van der Waals surface area contributed by atoms with Crippen LogP contribution in [0, 0.1) is 0 Å². The Bertz CT molecular complexity index is 436. The zero-order valence-electron chi connectivity index (χ0n) is 7.16. The fourth-order valence-electron chi connectivity index (χ4n) is 0.310. The Morgan fingerprint density at radius 3 is 1.38 bits per heavy atom. The van der Waals surface area contributed by atoms with E-state index in [0.29, 0.717) is 0 Å². The van der Waals surface area contributed by atoms with E-state index in [9.17, 15) is 42.7 Å². The molecule has 0 amide bonds. The molecule has 6 nitrogen and oxygen atoms in total. The number of sulfonamides is 1. The maximum Gasteiger partial charge on any atom is 0.467 e. The molecule has 0 atom stereocenters. The minimum Gasteiger partial charge on any atom is -0.402 e. The van der Waals surface area contributed by atoms with Gasteiger partial charge in [0.1, 0.15) is 0 Å². The Labute approximate surface area is 85.6 Å². The molecule has 0 saturated carbocycles. The Morgan fingerprint density at radius 1 is 0.875 bits per heavy atom. The van der Waals surface area contributed by atoms with E-state index >= 15 is 0 Å². The van der Waals surface area contributed by atoms with Gasteiger partial charge in [0.15, 0.2) is 10.0 Å². The molecule has 0 bridgehead atoms. The highest BCUT2D eigenvalue weighted by Gasteiger charge is 2.64. The van der Waals surface area contributed by atoms with Gasteiger partial charge in [-0.2, -0.15) is 22.0 Å². The van der Waals surface area contributed by atoms with Gasteiger partial charge in [-0.15, -0.1) is 3.89 Å². The van der Waals surface area contributed by atoms with E-state index in [1.54, 1.807) is 0 Å². The van der Waals surface area contributed by atoms with Gasteiger partial charge in [-0.05, 0) is 0 Å². The lowest BCUT2D eigenvalue weighted by Gasteiger charge is -2.25. The Balaban J connectivity index is 0. The van der Waals surface area contributed by atoms with E-state index in [2.05, 4.69) is 0 Å². The van der Waals surface area contributed by atoms with Gasteiger partial charge in [0.05, 0.1) is 0 Å². The molecule has 0 radical (unpaired) electrons. The average molecular weight is 298 g/mol. The van der Waals surface area contributed by atoms with Crippen LogP contribution < -0.4 is 6.15 Å². The SMILES string of the molecule is O=S(=O)(F)[N-]S(=O)(=O)C(F)(F)C(F)(F)F.[NH4+]. The monoisotopic (exact) mass is 298 g/mol. The van der Waals surface area contributed by atoms with E-state index < -0.39 is 31.9 Å². The van der Waals surface area contributed by atoms with Gasteiger partial charge >= 0.3 is 11.4 Å². The van der Waals surface area contributed by atoms with E-state index in [1.165, 1.54) is 0 Å². The Kier molecular flexibility index (Phi) is 4.83. The van der Waals surface area contributed by atoms with Crippen LogP contribution in [0.2, 0.25) is 0 Å². The van der Waals surface area contributed by atoms with Crippen LogP contribution in [-0.2, 0) is 20.4 Å². The van der Waals surface area contributed by atoms with Gasteiger partial charge in [0, 0.05) is 0 Å². The first kappa shape index (κ1) is 17.8. The van der Waals surface area contributed by atoms with Crippen LogP contribution in [0.3, 0.4) is 0 Å². The smallest absolute Gasteiger partial charge is 0.402 e. The summed E-state index contributed by atoms with van der Waals surface area (Å²) in [6.07, 6.45) is -6.60. The van der Waals surface area contributed by atoms with E-state index in [-0.39, 0.29) is 6.15 Å². The summed E-state index contributed by atoms with van der Waals surface area (Å²) < 4.78 is 110. The van der Waals surface area contributed by atoms with Crippen molar-refractivity contribution in [3.05, 3.63) is 4.13 Å². The Hall–Kier alpha value is -0.600. The fraction of sp³-hybridized carbons (Fsp3) is 1.00. The summed E-state index contributed by atoms with van der Waals surface area (Å²) in [6, 6.07) is 0. The zero-order valence-corrected chi connectivity index (χ0v) is 8.80. The summed E-state index contributed by atoms with van der Waals surface area (Å²) in [5.41, 5.74) is 0. The van der Waals surface area contributed by atoms with Crippen molar-refractivity contribution in [2.45, 2.75) is 11.4 Å². The molecule has 0 heterocycles. The lowest BCUT2D eigenvalue weighted by Crippen LogP contribution is -2.43. The number of hydrogen-bond donors (Lipinski definition) is 1. The fourth-order valence-corrected chi connectivity index (χ4v) is 1.91. The summed E-state index contributed by atoms with van der Waals surface area (Å²) in [5.74, 6) is 0. The van der Waals surface area contributed by atoms with Gasteiger partial charge in [0.2, 0.25) is 10.4 Å². The molecule has 0 aromatic rings. The van der Waals surface area contributed by atoms with Crippen LogP contribution in [0.5, 0.6) is 0 Å². The number of nitrogens with zero attached hydrogens (tertiary/aromatic N) is 1. The van der Waals surface area contributed by atoms with Crippen LogP contribution in [0.15, 0.2) is 0 Å². The standard InChI is InChI=1S/C2F6NO4S2.H3N/c3-1(4,5)2(6,7)14(10,11)9-15(8,12)13;/h;1H3/q-1;/p+1. The molecule has 4 N–H and O–H groups in total. The molecule has 16 heavy (non-hydrogen) atoms. The number of rotatable bonds is 3. The third-order valence-corrected chi connectivity index (χ3v) is 3.22. The number of alkyl halides is 5. The van der Waals surface area contributed by atoms with Crippen molar-refractivity contribution in [1.82, 2.24) is 6.15 Å². The van der Waals surface area contributed by atoms with Crippen LogP contribution >= 0.6 is 0 Å². The summed E-state index contributed by atoms with van der Waals surface area (Å²) in [4.78, 5) is 0. The molecule has 14 heteroatoms. The topological polar surface area (TPSA) is 119 Å². The first-order valence-corrected chi connectivity index (χ1v) is 5.37. The molecule has 0 aliphatic heterocycles. The minimum atomic E-state index is -6.87. The first-order chi connectivity index (χ1) is 6.21. The Morgan fingerprint density at radius 2 is 1.19 bits per heavy atom. The summed E-state index contributed by atoms with van der Waals surface area (Å²) >= 11 is 0. The maximum absolute atomic E-state index is 12.0. The third-order valence-electron chi connectivity index (χ3n) is 0.841. The molecular formula is C2H4F6N2O4S2. The van der Waals surface area contributed by atoms with Gasteiger partial charge in [0.25, 0.3) is 0 Å². The highest BCUT2D eigenvalue weighted by molar-refractivity contribution is 8.10. The van der Waals surface area contributed by atoms with E-state index in [0.717, 1.165) is 4.13 Å². The average Bonchev–Trinajstić information content (AvgIpc) is 1.77. The molecule has 100 valence electrons. The summed E-state index contributed by atoms with van der Waals surface area (Å²) in [6.45, 7) is 0. The van der Waals surface area contributed by atoms with Gasteiger partial charge in [-0.1, -0.05) is 0 Å². The molecule has 0 aliphatic carbocycles. The lowest BCUT2D eigenvalue weighted by atomic mass is 10.7. The molecule has 0 aliphatic rings. The molecule has 0 aromatic heterocycles. The van der Waals surface area contributed by atoms with Crippen LogP contribution in [0.1, 0.15) is 0 Å². The van der Waals surface area contributed by atoms with Crippen molar-refractivity contribution < 1.29 is 42.7 Å². The van der Waals surface area contributed by atoms with Crippen molar-refractivity contribution >= 4 is 20.4 Å². The maximum atomic E-state index is 12.0. The number of hydrogen-bond acceptors (Lipinski definition) is 4. The molecule has 0 saturated heterocycles. The van der Waals surface area contributed by atoms with E-state index in [4.69, 9.17) is 0 Å². The van der Waals surface area contributed by atoms with Gasteiger partial charge in [-0.3, -0.25) is 0 Å². The van der Waals surface area contributed by atoms with Crippen molar-refractivity contribution in [3.63, 3.8) is 0 Å². The summed E-state index contributed by atoms with van der Waals surface area (Å²) in [5, 5.41) is -6.47. The molecular weight excluding hydrogens is 294 g/mol. The third kappa shape index (κ3) is 3.76. The zero-order chi connectivity index (χ0) is 12.7. The van der Waals surface area contributed by atoms with Crippen LogP contribution in [0.25, 0.3) is 4.13 Å². The largest absolute Gasteiger partial charge is 0.467 e. The number of quaternary nitrogens is 1. The minimum absolute atomic E-state index is 0. The van der Waals surface area contributed by atoms with Crippen molar-refractivity contribution in [2.75, 3.05) is 0 Å². The van der Waals surface area contributed by atoms with Crippen molar-refractivity contribution in [2.24, 2.45) is 0 Å². The summed E-state index contributed by atoms with van der Waals surface area (Å²) in [7, 11) is -13.2. The predicted molar refractivity (Wildman–Crippen MR) is 39.3 cm³/mol. The molecule has 0 fully saturated rings. The molecule has 0 spiro atoms. The van der Waals surface area contributed by atoms with Crippen LogP contribution in [0.4, 0.5) is 25.8 Å². The second kappa shape index (κ2) is 4.34. The molecule has 0 rings (SSSR count). The highest BCUT2D eigenvalue weighted by Crippen LogP contribution is 2.42. The van der Waals surface area contributed by atoms with Crippen molar-refractivity contribution in [1.29, 1.82) is 0 Å². The van der Waals surface area contributed by atoms with Crippen molar-refractivity contribution in [3.8, 4) is 0 Å². The molecule has 0 unspecified atom stereocenters. The molecule has 0 aromatic carbocycles. The predicted octanol–water partition coefficient (Wildman–Crippen LogP) is 1.44. The lowest BCUT2D eigenvalue weighted by molar-refractivity contribution is -0.240. The second-order valence-electron chi connectivity index (χ2n) is 1.98.